The van der Waals surface area contributed by atoms with Crippen LogP contribution in [0.3, 0.4) is 0 Å². The predicted octanol–water partition coefficient (Wildman–Crippen LogP) is 2.51. The molecule has 0 N–H and O–H groups in total. The lowest BCUT2D eigenvalue weighted by Gasteiger charge is -2.28. The van der Waals surface area contributed by atoms with Crippen LogP contribution in [-0.4, -0.2) is 25.4 Å². The molecule has 3 nitrogen and oxygen atoms in total. The van der Waals surface area contributed by atoms with Gasteiger partial charge in [0.25, 0.3) is 0 Å². The maximum absolute atomic E-state index is 9.36. The zero-order valence-electron chi connectivity index (χ0n) is 10.2. The molecule has 0 spiro atoms. The van der Waals surface area contributed by atoms with E-state index >= 15 is 0 Å². The average Bonchev–Trinajstić information content (AvgIpc) is 2.84. The molecule has 3 atom stereocenters. The van der Waals surface area contributed by atoms with Gasteiger partial charge >= 0.3 is 0 Å². The molecule has 0 saturated carbocycles. The van der Waals surface area contributed by atoms with Crippen LogP contribution in [0.4, 0.5) is 0 Å². The van der Waals surface area contributed by atoms with E-state index in [1.165, 1.54) is 0 Å². The van der Waals surface area contributed by atoms with Crippen LogP contribution in [0.25, 0.3) is 0 Å². The Balaban J connectivity index is 1.81. The highest BCUT2D eigenvalue weighted by molar-refractivity contribution is 5.12. The Morgan fingerprint density at radius 1 is 1.50 bits per heavy atom. The summed E-state index contributed by atoms with van der Waals surface area (Å²) in [7, 11) is 0. The highest BCUT2D eigenvalue weighted by atomic mass is 16.5. The number of rotatable bonds is 5. The van der Waals surface area contributed by atoms with Crippen LogP contribution in [0.1, 0.15) is 39.5 Å². The van der Waals surface area contributed by atoms with E-state index in [0.717, 1.165) is 32.3 Å². The number of hydrogen-bond acceptors (Lipinski definition) is 3. The molecule has 2 aliphatic heterocycles. The van der Waals surface area contributed by atoms with Crippen LogP contribution < -0.4 is 0 Å². The minimum absolute atomic E-state index is 0.171. The minimum Gasteiger partial charge on any atom is -0.381 e. The Kier molecular flexibility index (Phi) is 3.51. The Morgan fingerprint density at radius 3 is 2.81 bits per heavy atom. The molecule has 2 heterocycles. The van der Waals surface area contributed by atoms with E-state index in [2.05, 4.69) is 19.9 Å². The lowest BCUT2D eigenvalue weighted by molar-refractivity contribution is 0.0499. The van der Waals surface area contributed by atoms with Crippen molar-refractivity contribution in [2.45, 2.75) is 51.7 Å². The third-order valence-corrected chi connectivity index (χ3v) is 3.68. The van der Waals surface area contributed by atoms with E-state index in [-0.39, 0.29) is 11.5 Å². The van der Waals surface area contributed by atoms with Gasteiger partial charge < -0.3 is 9.47 Å². The van der Waals surface area contributed by atoms with Crippen molar-refractivity contribution in [3.63, 3.8) is 0 Å². The third-order valence-electron chi connectivity index (χ3n) is 3.68. The van der Waals surface area contributed by atoms with Crippen LogP contribution in [0.2, 0.25) is 0 Å². The van der Waals surface area contributed by atoms with Gasteiger partial charge in [0, 0.05) is 13.2 Å². The van der Waals surface area contributed by atoms with Gasteiger partial charge in [0.2, 0.25) is 0 Å². The minimum atomic E-state index is -0.250. The first-order valence-corrected chi connectivity index (χ1v) is 6.31. The Labute approximate surface area is 97.7 Å². The van der Waals surface area contributed by atoms with Crippen LogP contribution in [0.15, 0.2) is 0 Å². The van der Waals surface area contributed by atoms with Crippen LogP contribution in [-0.2, 0) is 9.47 Å². The molecule has 3 heteroatoms. The Bertz CT molecular complexity index is 284. The summed E-state index contributed by atoms with van der Waals surface area (Å²) in [6.45, 7) is 5.76. The van der Waals surface area contributed by atoms with Crippen LogP contribution >= 0.6 is 0 Å². The first-order chi connectivity index (χ1) is 7.66. The Morgan fingerprint density at radius 2 is 2.31 bits per heavy atom. The highest BCUT2D eigenvalue weighted by Crippen LogP contribution is 2.49. The molecule has 90 valence electrons. The van der Waals surface area contributed by atoms with Crippen molar-refractivity contribution >= 4 is 0 Å². The van der Waals surface area contributed by atoms with Crippen LogP contribution in [0.5, 0.6) is 0 Å². The van der Waals surface area contributed by atoms with E-state index in [4.69, 9.17) is 9.47 Å². The Hall–Kier alpha value is -0.590. The maximum atomic E-state index is 9.36. The lowest BCUT2D eigenvalue weighted by atomic mass is 9.73. The van der Waals surface area contributed by atoms with Crippen molar-refractivity contribution in [3.8, 4) is 6.07 Å². The second-order valence-corrected chi connectivity index (χ2v) is 5.51. The fourth-order valence-corrected chi connectivity index (χ4v) is 2.81. The fourth-order valence-electron chi connectivity index (χ4n) is 2.81. The standard InChI is InChI=1S/C13H21NO2/c1-10(2)8-15-6-5-13(9-14)7-11-3-4-12(13)16-11/h10-12H,3-8H2,1-2H3. The van der Waals surface area contributed by atoms with E-state index in [0.29, 0.717) is 18.6 Å². The van der Waals surface area contributed by atoms with Crippen molar-refractivity contribution in [1.82, 2.24) is 0 Å². The first kappa shape index (κ1) is 11.9. The van der Waals surface area contributed by atoms with Crippen molar-refractivity contribution < 1.29 is 9.47 Å². The van der Waals surface area contributed by atoms with Crippen molar-refractivity contribution in [3.05, 3.63) is 0 Å². The van der Waals surface area contributed by atoms with Gasteiger partial charge in [0.05, 0.1) is 23.7 Å². The number of hydrogen-bond donors (Lipinski definition) is 0. The molecule has 0 aromatic rings. The van der Waals surface area contributed by atoms with E-state index < -0.39 is 0 Å². The number of fused-ring (bicyclic) bond motifs is 2. The van der Waals surface area contributed by atoms with Gasteiger partial charge in [-0.15, -0.1) is 0 Å². The van der Waals surface area contributed by atoms with Gasteiger partial charge in [0.1, 0.15) is 0 Å². The van der Waals surface area contributed by atoms with E-state index in [9.17, 15) is 5.26 Å². The van der Waals surface area contributed by atoms with Crippen LogP contribution in [0, 0.1) is 22.7 Å². The molecule has 0 radical (unpaired) electrons. The summed E-state index contributed by atoms with van der Waals surface area (Å²) in [4.78, 5) is 0. The maximum Gasteiger partial charge on any atom is 0.0881 e. The summed E-state index contributed by atoms with van der Waals surface area (Å²) >= 11 is 0. The molecular weight excluding hydrogens is 202 g/mol. The second-order valence-electron chi connectivity index (χ2n) is 5.51. The first-order valence-electron chi connectivity index (χ1n) is 6.31. The molecule has 16 heavy (non-hydrogen) atoms. The summed E-state index contributed by atoms with van der Waals surface area (Å²) in [5, 5.41) is 9.36. The zero-order valence-corrected chi connectivity index (χ0v) is 10.2. The summed E-state index contributed by atoms with van der Waals surface area (Å²) in [5.41, 5.74) is -0.250. The van der Waals surface area contributed by atoms with Gasteiger partial charge in [-0.1, -0.05) is 13.8 Å². The normalized spacial score (nSPS) is 36.9. The van der Waals surface area contributed by atoms with Gasteiger partial charge in [-0.25, -0.2) is 0 Å². The van der Waals surface area contributed by atoms with Crippen molar-refractivity contribution in [2.24, 2.45) is 11.3 Å². The molecule has 2 fully saturated rings. The molecule has 2 rings (SSSR count). The third kappa shape index (κ3) is 2.23. The van der Waals surface area contributed by atoms with E-state index in [1.54, 1.807) is 0 Å². The molecule has 0 amide bonds. The number of ether oxygens (including phenoxy) is 2. The second kappa shape index (κ2) is 4.73. The molecule has 2 bridgehead atoms. The zero-order chi connectivity index (χ0) is 11.6. The van der Waals surface area contributed by atoms with Gasteiger partial charge in [-0.3, -0.25) is 0 Å². The summed E-state index contributed by atoms with van der Waals surface area (Å²) in [6, 6.07) is 2.49. The van der Waals surface area contributed by atoms with Gasteiger partial charge in [-0.2, -0.15) is 5.26 Å². The molecule has 0 aliphatic carbocycles. The van der Waals surface area contributed by atoms with Gasteiger partial charge in [-0.05, 0) is 31.6 Å². The van der Waals surface area contributed by atoms with E-state index in [1.807, 2.05) is 0 Å². The largest absolute Gasteiger partial charge is 0.381 e. The fraction of sp³-hybridized carbons (Fsp3) is 0.923. The summed E-state index contributed by atoms with van der Waals surface area (Å²) in [6.07, 6.45) is 4.46. The smallest absolute Gasteiger partial charge is 0.0881 e. The molecule has 2 aliphatic rings. The van der Waals surface area contributed by atoms with Crippen molar-refractivity contribution in [2.75, 3.05) is 13.2 Å². The summed E-state index contributed by atoms with van der Waals surface area (Å²) < 4.78 is 11.4. The monoisotopic (exact) mass is 223 g/mol. The molecule has 0 aromatic heterocycles. The van der Waals surface area contributed by atoms with Crippen molar-refractivity contribution in [1.29, 1.82) is 5.26 Å². The number of nitrogens with zero attached hydrogens (tertiary/aromatic N) is 1. The van der Waals surface area contributed by atoms with Gasteiger partial charge in [0.15, 0.2) is 0 Å². The molecule has 2 saturated heterocycles. The highest BCUT2D eigenvalue weighted by Gasteiger charge is 2.52. The lowest BCUT2D eigenvalue weighted by Crippen LogP contribution is -2.32. The molecular formula is C13H21NO2. The predicted molar refractivity (Wildman–Crippen MR) is 60.8 cm³/mol. The topological polar surface area (TPSA) is 42.2 Å². The quantitative estimate of drug-likeness (QED) is 0.672. The molecule has 3 unspecified atom stereocenters. The summed E-state index contributed by atoms with van der Waals surface area (Å²) in [5.74, 6) is 0.564. The SMILES string of the molecule is CC(C)COCCC1(C#N)CC2CCC1O2. The number of nitriles is 1. The average molecular weight is 223 g/mol. The molecule has 0 aromatic carbocycles.